The number of rotatable bonds is 7. The van der Waals surface area contributed by atoms with Crippen LogP contribution in [0.15, 0.2) is 29.4 Å². The van der Waals surface area contributed by atoms with Crippen molar-refractivity contribution in [2.75, 3.05) is 11.9 Å². The Balaban J connectivity index is 1.56. The third-order valence-corrected chi connectivity index (χ3v) is 6.72. The number of nitrogens with one attached hydrogen (secondary N) is 1. The maximum absolute atomic E-state index is 13.4. The van der Waals surface area contributed by atoms with E-state index in [4.69, 9.17) is 4.74 Å². The highest BCUT2D eigenvalue weighted by Crippen LogP contribution is 2.30. The fraction of sp³-hybridized carbons (Fsp3) is 0.455. The summed E-state index contributed by atoms with van der Waals surface area (Å²) in [5.41, 5.74) is 3.17. The van der Waals surface area contributed by atoms with E-state index >= 15 is 0 Å². The van der Waals surface area contributed by atoms with Crippen LogP contribution in [-0.4, -0.2) is 48.4 Å². The molecule has 32 heavy (non-hydrogen) atoms. The molecular formula is C22H27FN6O2S. The summed E-state index contributed by atoms with van der Waals surface area (Å²) in [6.45, 7) is 6.94. The molecule has 1 saturated heterocycles. The van der Waals surface area contributed by atoms with Crippen molar-refractivity contribution >= 4 is 23.4 Å². The Hall–Kier alpha value is -2.72. The number of aryl methyl sites for hydroxylation is 2. The molecule has 1 aliphatic rings. The van der Waals surface area contributed by atoms with E-state index in [-0.39, 0.29) is 17.8 Å². The molecule has 0 bridgehead atoms. The second-order valence-electron chi connectivity index (χ2n) is 7.98. The first kappa shape index (κ1) is 22.5. The average molecular weight is 459 g/mol. The number of ether oxygens (including phenoxy) is 1. The molecule has 1 aliphatic heterocycles. The average Bonchev–Trinajstić information content (AvgIpc) is 3.47. The lowest BCUT2D eigenvalue weighted by molar-refractivity contribution is -0.115. The largest absolute Gasteiger partial charge is 0.376 e. The van der Waals surface area contributed by atoms with E-state index in [1.165, 1.54) is 23.9 Å². The molecular weight excluding hydrogens is 431 g/mol. The zero-order valence-corrected chi connectivity index (χ0v) is 19.4. The molecule has 1 amide bonds. The van der Waals surface area contributed by atoms with Crippen LogP contribution in [-0.2, 0) is 23.1 Å². The maximum Gasteiger partial charge on any atom is 0.237 e. The van der Waals surface area contributed by atoms with Crippen LogP contribution in [0.4, 0.5) is 10.1 Å². The van der Waals surface area contributed by atoms with Gasteiger partial charge in [-0.3, -0.25) is 14.0 Å². The number of carbonyl (C=O) groups excluding carboxylic acids is 1. The van der Waals surface area contributed by atoms with Crippen LogP contribution in [0.25, 0.3) is 11.4 Å². The second kappa shape index (κ2) is 9.41. The van der Waals surface area contributed by atoms with Gasteiger partial charge in [0, 0.05) is 19.2 Å². The van der Waals surface area contributed by atoms with Gasteiger partial charge in [0.1, 0.15) is 5.82 Å². The number of thioether (sulfide) groups is 1. The fourth-order valence-electron chi connectivity index (χ4n) is 3.74. The van der Waals surface area contributed by atoms with Crippen molar-refractivity contribution in [2.45, 2.75) is 56.7 Å². The van der Waals surface area contributed by atoms with Crippen molar-refractivity contribution < 1.29 is 13.9 Å². The first-order chi connectivity index (χ1) is 15.3. The second-order valence-corrected chi connectivity index (χ2v) is 9.29. The van der Waals surface area contributed by atoms with Crippen molar-refractivity contribution in [3.63, 3.8) is 0 Å². The van der Waals surface area contributed by atoms with Gasteiger partial charge in [0.2, 0.25) is 5.91 Å². The van der Waals surface area contributed by atoms with Gasteiger partial charge in [-0.2, -0.15) is 5.10 Å². The first-order valence-corrected chi connectivity index (χ1v) is 11.5. The summed E-state index contributed by atoms with van der Waals surface area (Å²) < 4.78 is 23.0. The summed E-state index contributed by atoms with van der Waals surface area (Å²) in [5.74, 6) is 0.193. The van der Waals surface area contributed by atoms with Crippen LogP contribution in [0.2, 0.25) is 0 Å². The van der Waals surface area contributed by atoms with E-state index in [0.717, 1.165) is 42.1 Å². The molecule has 0 saturated carbocycles. The molecule has 3 aromatic rings. The minimum absolute atomic E-state index is 0.0642. The molecule has 0 spiro atoms. The van der Waals surface area contributed by atoms with Gasteiger partial charge in [-0.05, 0) is 57.9 Å². The molecule has 2 atom stereocenters. The fourth-order valence-corrected chi connectivity index (χ4v) is 4.59. The van der Waals surface area contributed by atoms with Crippen LogP contribution in [0.3, 0.4) is 0 Å². The van der Waals surface area contributed by atoms with Crippen molar-refractivity contribution in [1.29, 1.82) is 0 Å². The number of amides is 1. The van der Waals surface area contributed by atoms with Crippen molar-refractivity contribution in [3.05, 3.63) is 41.5 Å². The predicted molar refractivity (Wildman–Crippen MR) is 121 cm³/mol. The Morgan fingerprint density at radius 3 is 2.69 bits per heavy atom. The summed E-state index contributed by atoms with van der Waals surface area (Å²) in [5, 5.41) is 16.3. The van der Waals surface area contributed by atoms with Gasteiger partial charge < -0.3 is 10.1 Å². The van der Waals surface area contributed by atoms with Gasteiger partial charge in [-0.1, -0.05) is 11.8 Å². The van der Waals surface area contributed by atoms with E-state index in [1.807, 2.05) is 32.4 Å². The molecule has 8 nitrogen and oxygen atoms in total. The third kappa shape index (κ3) is 4.71. The zero-order chi connectivity index (χ0) is 22.8. The molecule has 0 aliphatic carbocycles. The summed E-state index contributed by atoms with van der Waals surface area (Å²) in [6.07, 6.45) is 2.04. The van der Waals surface area contributed by atoms with Crippen molar-refractivity contribution in [1.82, 2.24) is 24.5 Å². The van der Waals surface area contributed by atoms with Gasteiger partial charge in [0.25, 0.3) is 0 Å². The lowest BCUT2D eigenvalue weighted by atomic mass is 10.2. The lowest BCUT2D eigenvalue weighted by Gasteiger charge is -2.16. The maximum atomic E-state index is 13.4. The van der Waals surface area contributed by atoms with Crippen LogP contribution < -0.4 is 5.32 Å². The zero-order valence-electron chi connectivity index (χ0n) is 18.6. The Kier molecular flexibility index (Phi) is 6.61. The summed E-state index contributed by atoms with van der Waals surface area (Å²) in [7, 11) is 1.85. The van der Waals surface area contributed by atoms with E-state index < -0.39 is 5.25 Å². The van der Waals surface area contributed by atoms with Gasteiger partial charge in [-0.15, -0.1) is 10.2 Å². The predicted octanol–water partition coefficient (Wildman–Crippen LogP) is 3.73. The molecule has 0 radical (unpaired) electrons. The number of hydrogen-bond acceptors (Lipinski definition) is 6. The summed E-state index contributed by atoms with van der Waals surface area (Å²) in [4.78, 5) is 12.9. The van der Waals surface area contributed by atoms with Crippen LogP contribution in [0, 0.1) is 19.7 Å². The molecule has 1 aromatic carbocycles. The normalized spacial score (nSPS) is 17.0. The van der Waals surface area contributed by atoms with Crippen LogP contribution in [0.1, 0.15) is 31.2 Å². The van der Waals surface area contributed by atoms with Gasteiger partial charge in [0.15, 0.2) is 11.0 Å². The highest BCUT2D eigenvalue weighted by atomic mass is 32.2. The third-order valence-electron chi connectivity index (χ3n) is 5.64. The van der Waals surface area contributed by atoms with Crippen molar-refractivity contribution in [3.8, 4) is 11.4 Å². The first-order valence-electron chi connectivity index (χ1n) is 10.6. The minimum atomic E-state index is -0.414. The smallest absolute Gasteiger partial charge is 0.237 e. The Labute approximate surface area is 190 Å². The van der Waals surface area contributed by atoms with Crippen molar-refractivity contribution in [2.24, 2.45) is 7.05 Å². The lowest BCUT2D eigenvalue weighted by Crippen LogP contribution is -2.24. The Bertz CT molecular complexity index is 1100. The van der Waals surface area contributed by atoms with Gasteiger partial charge in [-0.25, -0.2) is 4.39 Å². The molecule has 10 heteroatoms. The number of hydrogen-bond donors (Lipinski definition) is 1. The standard InChI is InChI=1S/C22H27FN6O2S/c1-13-19(14(2)28(4)27-13)24-21(30)15(3)32-22-26-25-20(16-7-9-17(23)10-8-16)29(22)12-18-6-5-11-31-18/h7-10,15,18H,5-6,11-12H2,1-4H3,(H,24,30). The van der Waals surface area contributed by atoms with Gasteiger partial charge >= 0.3 is 0 Å². The molecule has 2 unspecified atom stereocenters. The minimum Gasteiger partial charge on any atom is -0.376 e. The Morgan fingerprint density at radius 1 is 1.31 bits per heavy atom. The number of halogens is 1. The topological polar surface area (TPSA) is 86.9 Å². The molecule has 1 fully saturated rings. The molecule has 4 rings (SSSR count). The molecule has 2 aromatic heterocycles. The number of nitrogens with zero attached hydrogens (tertiary/aromatic N) is 5. The van der Waals surface area contributed by atoms with Crippen LogP contribution in [0.5, 0.6) is 0 Å². The molecule has 3 heterocycles. The van der Waals surface area contributed by atoms with E-state index in [0.29, 0.717) is 17.5 Å². The molecule has 170 valence electrons. The number of aromatic nitrogens is 5. The number of anilines is 1. The van der Waals surface area contributed by atoms with E-state index in [2.05, 4.69) is 20.6 Å². The number of benzene rings is 1. The van der Waals surface area contributed by atoms with Crippen LogP contribution >= 0.6 is 11.8 Å². The summed E-state index contributed by atoms with van der Waals surface area (Å²) >= 11 is 1.34. The number of carbonyl (C=O) groups is 1. The monoisotopic (exact) mass is 458 g/mol. The molecule has 1 N–H and O–H groups in total. The SMILES string of the molecule is Cc1nn(C)c(C)c1NC(=O)C(C)Sc1nnc(-c2ccc(F)cc2)n1CC1CCCO1. The Morgan fingerprint density at radius 2 is 2.06 bits per heavy atom. The summed E-state index contributed by atoms with van der Waals surface area (Å²) in [6, 6.07) is 6.18. The van der Waals surface area contributed by atoms with E-state index in [9.17, 15) is 9.18 Å². The van der Waals surface area contributed by atoms with Gasteiger partial charge in [0.05, 0.1) is 35.0 Å². The quantitative estimate of drug-likeness (QED) is 0.543. The van der Waals surface area contributed by atoms with E-state index in [1.54, 1.807) is 16.8 Å². The highest BCUT2D eigenvalue weighted by Gasteiger charge is 2.25. The highest BCUT2D eigenvalue weighted by molar-refractivity contribution is 8.00.